The molecular formula is C18H21ClN2O2. The highest BCUT2D eigenvalue weighted by Gasteiger charge is 2.05. The summed E-state index contributed by atoms with van der Waals surface area (Å²) in [4.78, 5) is 11.9. The first-order valence-electron chi connectivity index (χ1n) is 7.47. The van der Waals surface area contributed by atoms with Crippen molar-refractivity contribution in [1.29, 1.82) is 0 Å². The van der Waals surface area contributed by atoms with Crippen molar-refractivity contribution in [1.82, 2.24) is 5.32 Å². The van der Waals surface area contributed by atoms with Gasteiger partial charge < -0.3 is 15.4 Å². The van der Waals surface area contributed by atoms with Crippen molar-refractivity contribution in [2.24, 2.45) is 0 Å². The van der Waals surface area contributed by atoms with Crippen LogP contribution in [0.15, 0.2) is 36.4 Å². The zero-order chi connectivity index (χ0) is 16.8. The molecule has 0 atom stereocenters. The maximum absolute atomic E-state index is 11.9. The molecular weight excluding hydrogens is 312 g/mol. The van der Waals surface area contributed by atoms with Gasteiger partial charge in [-0.1, -0.05) is 35.4 Å². The molecule has 0 spiro atoms. The van der Waals surface area contributed by atoms with Gasteiger partial charge >= 0.3 is 6.03 Å². The average molecular weight is 333 g/mol. The lowest BCUT2D eigenvalue weighted by molar-refractivity contribution is 0.247. The Morgan fingerprint density at radius 3 is 2.61 bits per heavy atom. The van der Waals surface area contributed by atoms with E-state index in [0.29, 0.717) is 23.9 Å². The van der Waals surface area contributed by atoms with E-state index < -0.39 is 0 Å². The molecule has 0 aliphatic carbocycles. The fraction of sp³-hybridized carbons (Fsp3) is 0.278. The molecule has 0 aliphatic rings. The number of hydrogen-bond acceptors (Lipinski definition) is 2. The van der Waals surface area contributed by atoms with Crippen LogP contribution in [0, 0.1) is 20.8 Å². The lowest BCUT2D eigenvalue weighted by atomic mass is 10.1. The Balaban J connectivity index is 1.77. The van der Waals surface area contributed by atoms with Gasteiger partial charge in [0.1, 0.15) is 12.4 Å². The van der Waals surface area contributed by atoms with E-state index in [4.69, 9.17) is 16.3 Å². The number of benzene rings is 2. The van der Waals surface area contributed by atoms with Gasteiger partial charge in [-0.25, -0.2) is 4.79 Å². The zero-order valence-corrected chi connectivity index (χ0v) is 14.3. The summed E-state index contributed by atoms with van der Waals surface area (Å²) in [5.74, 6) is 0.837. The van der Waals surface area contributed by atoms with Crippen LogP contribution in [0.1, 0.15) is 16.7 Å². The fourth-order valence-electron chi connectivity index (χ4n) is 2.18. The number of anilines is 1. The molecule has 0 aliphatic heterocycles. The zero-order valence-electron chi connectivity index (χ0n) is 13.6. The summed E-state index contributed by atoms with van der Waals surface area (Å²) >= 11 is 5.93. The Morgan fingerprint density at radius 2 is 1.87 bits per heavy atom. The van der Waals surface area contributed by atoms with Crippen LogP contribution in [0.25, 0.3) is 0 Å². The molecule has 5 heteroatoms. The van der Waals surface area contributed by atoms with Crippen LogP contribution in [-0.4, -0.2) is 19.2 Å². The number of halogens is 1. The number of amides is 2. The van der Waals surface area contributed by atoms with Gasteiger partial charge in [0.05, 0.1) is 6.54 Å². The minimum Gasteiger partial charge on any atom is -0.491 e. The summed E-state index contributed by atoms with van der Waals surface area (Å²) in [6.07, 6.45) is 0. The third-order valence-corrected chi connectivity index (χ3v) is 3.66. The van der Waals surface area contributed by atoms with Gasteiger partial charge in [-0.05, 0) is 50.1 Å². The van der Waals surface area contributed by atoms with E-state index in [-0.39, 0.29) is 6.03 Å². The number of aryl methyl sites for hydroxylation is 3. The predicted molar refractivity (Wildman–Crippen MR) is 94.6 cm³/mol. The lowest BCUT2D eigenvalue weighted by Crippen LogP contribution is -2.32. The summed E-state index contributed by atoms with van der Waals surface area (Å²) in [5.41, 5.74) is 3.94. The van der Waals surface area contributed by atoms with Crippen LogP contribution in [0.4, 0.5) is 10.5 Å². The van der Waals surface area contributed by atoms with Crippen molar-refractivity contribution in [3.63, 3.8) is 0 Å². The number of carbonyl (C=O) groups excluding carboxylic acids is 1. The first kappa shape index (κ1) is 17.2. The second kappa shape index (κ2) is 7.88. The number of carbonyl (C=O) groups is 1. The number of ether oxygens (including phenoxy) is 1. The lowest BCUT2D eigenvalue weighted by Gasteiger charge is -2.12. The van der Waals surface area contributed by atoms with E-state index in [9.17, 15) is 4.79 Å². The van der Waals surface area contributed by atoms with Crippen LogP contribution in [-0.2, 0) is 0 Å². The van der Waals surface area contributed by atoms with Gasteiger partial charge in [0.25, 0.3) is 0 Å². The first-order valence-corrected chi connectivity index (χ1v) is 7.84. The van der Waals surface area contributed by atoms with E-state index in [1.54, 1.807) is 12.1 Å². The van der Waals surface area contributed by atoms with Gasteiger partial charge in [0.2, 0.25) is 0 Å². The summed E-state index contributed by atoms with van der Waals surface area (Å²) in [7, 11) is 0. The summed E-state index contributed by atoms with van der Waals surface area (Å²) in [5, 5.41) is 6.13. The smallest absolute Gasteiger partial charge is 0.319 e. The monoisotopic (exact) mass is 332 g/mol. The Bertz CT molecular complexity index is 701. The molecule has 4 nitrogen and oxygen atoms in total. The standard InChI is InChI=1S/C18H21ClN2O2/c1-12-4-7-17(14(3)10-12)23-9-8-20-18(22)21-16-11-15(19)6-5-13(16)2/h4-7,10-11H,8-9H2,1-3H3,(H2,20,21,22). The highest BCUT2D eigenvalue weighted by atomic mass is 35.5. The fourth-order valence-corrected chi connectivity index (χ4v) is 2.35. The minimum atomic E-state index is -0.278. The van der Waals surface area contributed by atoms with Gasteiger partial charge in [-0.3, -0.25) is 0 Å². The first-order chi connectivity index (χ1) is 11.0. The summed E-state index contributed by atoms with van der Waals surface area (Å²) in [6.45, 7) is 6.78. The molecule has 0 fully saturated rings. The van der Waals surface area contributed by atoms with Gasteiger partial charge in [-0.2, -0.15) is 0 Å². The second-order valence-corrected chi connectivity index (χ2v) is 5.89. The van der Waals surface area contributed by atoms with Crippen molar-refractivity contribution in [3.05, 3.63) is 58.1 Å². The minimum absolute atomic E-state index is 0.278. The molecule has 0 radical (unpaired) electrons. The largest absolute Gasteiger partial charge is 0.491 e. The Kier molecular flexibility index (Phi) is 5.88. The Morgan fingerprint density at radius 1 is 1.09 bits per heavy atom. The maximum atomic E-state index is 11.9. The molecule has 2 N–H and O–H groups in total. The van der Waals surface area contributed by atoms with E-state index in [1.165, 1.54) is 5.56 Å². The third kappa shape index (κ3) is 5.18. The molecule has 0 unspecified atom stereocenters. The average Bonchev–Trinajstić information content (AvgIpc) is 2.49. The molecule has 0 saturated carbocycles. The quantitative estimate of drug-likeness (QED) is 0.794. The van der Waals surface area contributed by atoms with Crippen LogP contribution in [0.2, 0.25) is 5.02 Å². The highest BCUT2D eigenvalue weighted by molar-refractivity contribution is 6.31. The maximum Gasteiger partial charge on any atom is 0.319 e. The molecule has 0 heterocycles. The van der Waals surface area contributed by atoms with Crippen molar-refractivity contribution in [3.8, 4) is 5.75 Å². The van der Waals surface area contributed by atoms with Crippen LogP contribution in [0.3, 0.4) is 0 Å². The normalized spacial score (nSPS) is 10.3. The topological polar surface area (TPSA) is 50.4 Å². The molecule has 2 rings (SSSR count). The highest BCUT2D eigenvalue weighted by Crippen LogP contribution is 2.20. The van der Waals surface area contributed by atoms with E-state index >= 15 is 0 Å². The van der Waals surface area contributed by atoms with Crippen molar-refractivity contribution in [2.75, 3.05) is 18.5 Å². The number of hydrogen-bond donors (Lipinski definition) is 2. The molecule has 0 aromatic heterocycles. The molecule has 2 amide bonds. The van der Waals surface area contributed by atoms with Gasteiger partial charge in [-0.15, -0.1) is 0 Å². The number of nitrogens with one attached hydrogen (secondary N) is 2. The van der Waals surface area contributed by atoms with E-state index in [2.05, 4.69) is 16.7 Å². The molecule has 23 heavy (non-hydrogen) atoms. The third-order valence-electron chi connectivity index (χ3n) is 3.42. The molecule has 2 aromatic rings. The summed E-state index contributed by atoms with van der Waals surface area (Å²) < 4.78 is 5.67. The molecule has 0 bridgehead atoms. The molecule has 0 saturated heterocycles. The van der Waals surface area contributed by atoms with E-state index in [1.807, 2.05) is 39.0 Å². The number of urea groups is 1. The van der Waals surface area contributed by atoms with Crippen LogP contribution >= 0.6 is 11.6 Å². The van der Waals surface area contributed by atoms with Crippen LogP contribution < -0.4 is 15.4 Å². The Hall–Kier alpha value is -2.20. The van der Waals surface area contributed by atoms with Crippen molar-refractivity contribution >= 4 is 23.3 Å². The molecule has 2 aromatic carbocycles. The van der Waals surface area contributed by atoms with Gasteiger partial charge in [0.15, 0.2) is 0 Å². The van der Waals surface area contributed by atoms with E-state index in [0.717, 1.165) is 16.9 Å². The Labute approximate surface area is 141 Å². The van der Waals surface area contributed by atoms with Crippen molar-refractivity contribution in [2.45, 2.75) is 20.8 Å². The van der Waals surface area contributed by atoms with Crippen LogP contribution in [0.5, 0.6) is 5.75 Å². The molecule has 122 valence electrons. The summed E-state index contributed by atoms with van der Waals surface area (Å²) in [6, 6.07) is 11.1. The second-order valence-electron chi connectivity index (χ2n) is 5.46. The number of rotatable bonds is 5. The van der Waals surface area contributed by atoms with Crippen molar-refractivity contribution < 1.29 is 9.53 Å². The predicted octanol–water partition coefficient (Wildman–Crippen LogP) is 4.47. The van der Waals surface area contributed by atoms with Gasteiger partial charge in [0, 0.05) is 10.7 Å². The SMILES string of the molecule is Cc1ccc(OCCNC(=O)Nc2cc(Cl)ccc2C)c(C)c1.